The van der Waals surface area contributed by atoms with E-state index in [1.807, 2.05) is 13.8 Å². The molecule has 4 nitrogen and oxygen atoms in total. The number of likely N-dealkylation sites (tertiary alicyclic amines) is 1. The fraction of sp³-hybridized carbons (Fsp3) is 0.857. The minimum atomic E-state index is -0.177. The van der Waals surface area contributed by atoms with E-state index in [-0.39, 0.29) is 29.3 Å². The first-order valence-corrected chi connectivity index (χ1v) is 6.91. The summed E-state index contributed by atoms with van der Waals surface area (Å²) < 4.78 is 0. The first-order chi connectivity index (χ1) is 8.30. The van der Waals surface area contributed by atoms with Crippen LogP contribution in [0.3, 0.4) is 0 Å². The molecule has 0 bridgehead atoms. The van der Waals surface area contributed by atoms with Gasteiger partial charge in [0, 0.05) is 24.9 Å². The largest absolute Gasteiger partial charge is 0.310 e. The van der Waals surface area contributed by atoms with Gasteiger partial charge in [0.1, 0.15) is 0 Å². The van der Waals surface area contributed by atoms with Gasteiger partial charge in [-0.15, -0.1) is 0 Å². The molecule has 102 valence electrons. The first kappa shape index (κ1) is 13.5. The fourth-order valence-electron chi connectivity index (χ4n) is 3.23. The van der Waals surface area contributed by atoms with Crippen molar-refractivity contribution in [3.05, 3.63) is 0 Å². The molecule has 3 unspecified atom stereocenters. The van der Waals surface area contributed by atoms with E-state index in [1.165, 1.54) is 4.90 Å². The van der Waals surface area contributed by atoms with Crippen LogP contribution in [0.4, 0.5) is 0 Å². The maximum atomic E-state index is 12.2. The Labute approximate surface area is 109 Å². The maximum Gasteiger partial charge on any atom is 0.230 e. The number of imide groups is 1. The summed E-state index contributed by atoms with van der Waals surface area (Å²) >= 11 is 0. The molecule has 0 aromatic rings. The van der Waals surface area contributed by atoms with Gasteiger partial charge in [-0.05, 0) is 32.1 Å². The van der Waals surface area contributed by atoms with Crippen LogP contribution < -0.4 is 5.32 Å². The Morgan fingerprint density at radius 1 is 1.11 bits per heavy atom. The molecule has 2 amide bonds. The molecule has 0 aliphatic carbocycles. The predicted octanol–water partition coefficient (Wildman–Crippen LogP) is 1.69. The van der Waals surface area contributed by atoms with E-state index in [4.69, 9.17) is 0 Å². The van der Waals surface area contributed by atoms with Crippen molar-refractivity contribution in [2.75, 3.05) is 0 Å². The Morgan fingerprint density at radius 2 is 1.67 bits per heavy atom. The van der Waals surface area contributed by atoms with E-state index in [0.29, 0.717) is 18.9 Å². The molecular formula is C14H24N2O2. The van der Waals surface area contributed by atoms with Gasteiger partial charge in [0.25, 0.3) is 0 Å². The topological polar surface area (TPSA) is 49.4 Å². The Bertz CT molecular complexity index is 345. The van der Waals surface area contributed by atoms with Gasteiger partial charge in [-0.3, -0.25) is 14.5 Å². The van der Waals surface area contributed by atoms with E-state index in [0.717, 1.165) is 12.8 Å². The lowest BCUT2D eigenvalue weighted by atomic mass is 9.80. The second-order valence-corrected chi connectivity index (χ2v) is 6.68. The molecule has 0 saturated carbocycles. The van der Waals surface area contributed by atoms with Crippen molar-refractivity contribution < 1.29 is 9.59 Å². The van der Waals surface area contributed by atoms with Crippen molar-refractivity contribution in [1.29, 1.82) is 0 Å². The van der Waals surface area contributed by atoms with Gasteiger partial charge in [-0.25, -0.2) is 0 Å². The number of carbonyl (C=O) groups is 2. The van der Waals surface area contributed by atoms with Crippen molar-refractivity contribution in [3.8, 4) is 0 Å². The van der Waals surface area contributed by atoms with Crippen LogP contribution >= 0.6 is 0 Å². The molecule has 2 saturated heterocycles. The summed E-state index contributed by atoms with van der Waals surface area (Å²) in [6.45, 7) is 8.20. The van der Waals surface area contributed by atoms with Crippen molar-refractivity contribution in [2.45, 2.75) is 71.5 Å². The summed E-state index contributed by atoms with van der Waals surface area (Å²) in [5.74, 6) is 0.00825. The number of hydrogen-bond acceptors (Lipinski definition) is 3. The molecule has 0 aromatic carbocycles. The molecule has 2 fully saturated rings. The van der Waals surface area contributed by atoms with Crippen LogP contribution in [0, 0.1) is 5.41 Å². The molecule has 0 radical (unpaired) electrons. The van der Waals surface area contributed by atoms with Crippen LogP contribution in [0.1, 0.15) is 53.4 Å². The summed E-state index contributed by atoms with van der Waals surface area (Å²) in [5.41, 5.74) is -0.177. The highest BCUT2D eigenvalue weighted by atomic mass is 16.2. The minimum Gasteiger partial charge on any atom is -0.310 e. The zero-order valence-electron chi connectivity index (χ0n) is 11.8. The summed E-state index contributed by atoms with van der Waals surface area (Å²) in [5, 5.41) is 3.44. The molecule has 2 rings (SSSR count). The third-order valence-corrected chi connectivity index (χ3v) is 4.15. The zero-order chi connectivity index (χ0) is 13.5. The highest BCUT2D eigenvalue weighted by molar-refractivity contribution is 5.98. The van der Waals surface area contributed by atoms with Crippen molar-refractivity contribution >= 4 is 11.8 Å². The molecule has 0 spiro atoms. The Morgan fingerprint density at radius 3 is 2.17 bits per heavy atom. The number of nitrogens with one attached hydrogen (secondary N) is 1. The van der Waals surface area contributed by atoms with E-state index >= 15 is 0 Å². The van der Waals surface area contributed by atoms with E-state index in [1.54, 1.807) is 0 Å². The smallest absolute Gasteiger partial charge is 0.230 e. The highest BCUT2D eigenvalue weighted by Gasteiger charge is 2.43. The van der Waals surface area contributed by atoms with Gasteiger partial charge in [-0.1, -0.05) is 13.8 Å². The molecule has 2 aliphatic rings. The normalized spacial score (nSPS) is 36.9. The average Bonchev–Trinajstić information content (AvgIpc) is 2.18. The highest BCUT2D eigenvalue weighted by Crippen LogP contribution is 2.34. The lowest BCUT2D eigenvalue weighted by molar-refractivity contribution is -0.157. The third kappa shape index (κ3) is 2.58. The van der Waals surface area contributed by atoms with Gasteiger partial charge in [0.2, 0.25) is 11.8 Å². The second kappa shape index (κ2) is 4.65. The fourth-order valence-corrected chi connectivity index (χ4v) is 3.23. The second-order valence-electron chi connectivity index (χ2n) is 6.68. The molecule has 2 aliphatic heterocycles. The molecule has 18 heavy (non-hydrogen) atoms. The number of carbonyl (C=O) groups excluding carboxylic acids is 2. The third-order valence-electron chi connectivity index (χ3n) is 4.15. The molecular weight excluding hydrogens is 228 g/mol. The van der Waals surface area contributed by atoms with Crippen LogP contribution in [0.5, 0.6) is 0 Å². The van der Waals surface area contributed by atoms with Crippen LogP contribution in [0.25, 0.3) is 0 Å². The minimum absolute atomic E-state index is 0.00412. The summed E-state index contributed by atoms with van der Waals surface area (Å²) in [6, 6.07) is 0.711. The Hall–Kier alpha value is -0.900. The van der Waals surface area contributed by atoms with Crippen molar-refractivity contribution in [3.63, 3.8) is 0 Å². The van der Waals surface area contributed by atoms with Gasteiger partial charge < -0.3 is 5.32 Å². The number of amides is 2. The van der Waals surface area contributed by atoms with Gasteiger partial charge in [0.05, 0.1) is 6.04 Å². The molecule has 3 atom stereocenters. The number of rotatable bonds is 1. The monoisotopic (exact) mass is 252 g/mol. The Kier molecular flexibility index (Phi) is 3.49. The molecule has 4 heteroatoms. The predicted molar refractivity (Wildman–Crippen MR) is 69.9 cm³/mol. The quantitative estimate of drug-likeness (QED) is 0.723. The summed E-state index contributed by atoms with van der Waals surface area (Å²) in [6.07, 6.45) is 2.91. The van der Waals surface area contributed by atoms with Crippen LogP contribution in [-0.4, -0.2) is 34.8 Å². The van der Waals surface area contributed by atoms with Gasteiger partial charge in [-0.2, -0.15) is 0 Å². The van der Waals surface area contributed by atoms with E-state index in [9.17, 15) is 9.59 Å². The zero-order valence-corrected chi connectivity index (χ0v) is 11.8. The maximum absolute atomic E-state index is 12.2. The average molecular weight is 252 g/mol. The first-order valence-electron chi connectivity index (χ1n) is 6.91. The van der Waals surface area contributed by atoms with Gasteiger partial charge in [0.15, 0.2) is 0 Å². The standard InChI is InChI=1S/C14H24N2O2/c1-9-5-6-11(10(2)15-9)16-12(17)7-14(3,4)8-13(16)18/h9-11,15H,5-8H2,1-4H3. The van der Waals surface area contributed by atoms with E-state index < -0.39 is 0 Å². The van der Waals surface area contributed by atoms with Crippen LogP contribution in [0.15, 0.2) is 0 Å². The van der Waals surface area contributed by atoms with Crippen molar-refractivity contribution in [2.24, 2.45) is 5.41 Å². The lowest BCUT2D eigenvalue weighted by Gasteiger charge is -2.44. The lowest BCUT2D eigenvalue weighted by Crippen LogP contribution is -2.60. The van der Waals surface area contributed by atoms with Crippen LogP contribution in [0.2, 0.25) is 0 Å². The number of piperidine rings is 2. The molecule has 1 N–H and O–H groups in total. The van der Waals surface area contributed by atoms with Crippen LogP contribution in [-0.2, 0) is 9.59 Å². The van der Waals surface area contributed by atoms with Crippen molar-refractivity contribution in [1.82, 2.24) is 10.2 Å². The number of nitrogens with zero attached hydrogens (tertiary/aromatic N) is 1. The molecule has 0 aromatic heterocycles. The SMILES string of the molecule is CC1CCC(N2C(=O)CC(C)(C)CC2=O)C(C)N1. The Balaban J connectivity index is 2.13. The summed E-state index contributed by atoms with van der Waals surface area (Å²) in [7, 11) is 0. The van der Waals surface area contributed by atoms with E-state index in [2.05, 4.69) is 19.2 Å². The molecule has 2 heterocycles. The summed E-state index contributed by atoms with van der Waals surface area (Å²) in [4.78, 5) is 26.0. The van der Waals surface area contributed by atoms with Gasteiger partial charge >= 0.3 is 0 Å². The number of hydrogen-bond donors (Lipinski definition) is 1.